The second-order valence-electron chi connectivity index (χ2n) is 5.73. The summed E-state index contributed by atoms with van der Waals surface area (Å²) in [5.74, 6) is 1.53. The third-order valence-electron chi connectivity index (χ3n) is 3.85. The van der Waals surface area contributed by atoms with Crippen molar-refractivity contribution in [1.82, 2.24) is 4.90 Å². The lowest BCUT2D eigenvalue weighted by molar-refractivity contribution is 0.0728. The number of rotatable bonds is 4. The van der Waals surface area contributed by atoms with Crippen LogP contribution < -0.4 is 5.73 Å². The van der Waals surface area contributed by atoms with Gasteiger partial charge in [-0.15, -0.1) is 0 Å². The second-order valence-corrected chi connectivity index (χ2v) is 5.73. The van der Waals surface area contributed by atoms with Gasteiger partial charge < -0.3 is 15.1 Å². The number of amides is 1. The molecule has 0 bridgehead atoms. The molecule has 21 heavy (non-hydrogen) atoms. The summed E-state index contributed by atoms with van der Waals surface area (Å²) in [6, 6.07) is 9.88. The van der Waals surface area contributed by atoms with Gasteiger partial charge in [-0.05, 0) is 50.5 Å². The maximum atomic E-state index is 12.8. The zero-order valence-electron chi connectivity index (χ0n) is 12.4. The molecule has 1 heterocycles. The van der Waals surface area contributed by atoms with Gasteiger partial charge in [-0.1, -0.05) is 12.1 Å². The Labute approximate surface area is 124 Å². The Morgan fingerprint density at radius 1 is 1.29 bits per heavy atom. The van der Waals surface area contributed by atoms with Gasteiger partial charge >= 0.3 is 0 Å². The minimum Gasteiger partial charge on any atom is -0.466 e. The first-order valence-corrected chi connectivity index (χ1v) is 7.27. The number of nitrogens with zero attached hydrogens (tertiary/aromatic N) is 1. The lowest BCUT2D eigenvalue weighted by atomic mass is 10.1. The van der Waals surface area contributed by atoms with Crippen LogP contribution in [0.5, 0.6) is 0 Å². The van der Waals surface area contributed by atoms with Gasteiger partial charge in [-0.3, -0.25) is 4.79 Å². The maximum absolute atomic E-state index is 12.8. The first-order valence-electron chi connectivity index (χ1n) is 7.27. The maximum Gasteiger partial charge on any atom is 0.257 e. The van der Waals surface area contributed by atoms with E-state index in [2.05, 4.69) is 0 Å². The average molecular weight is 284 g/mol. The molecule has 1 aromatic heterocycles. The Kier molecular flexibility index (Phi) is 3.45. The number of furan rings is 1. The van der Waals surface area contributed by atoms with Gasteiger partial charge in [0.05, 0.1) is 5.56 Å². The predicted molar refractivity (Wildman–Crippen MR) is 81.9 cm³/mol. The van der Waals surface area contributed by atoms with E-state index in [0.717, 1.165) is 29.9 Å². The summed E-state index contributed by atoms with van der Waals surface area (Å²) in [5, 5.41) is 0. The summed E-state index contributed by atoms with van der Waals surface area (Å²) in [7, 11) is 0. The number of carbonyl (C=O) groups is 1. The summed E-state index contributed by atoms with van der Waals surface area (Å²) in [6.45, 7) is 4.33. The second kappa shape index (κ2) is 5.28. The molecule has 1 aliphatic rings. The number of aryl methyl sites for hydroxylation is 2. The summed E-state index contributed by atoms with van der Waals surface area (Å²) in [6.07, 6.45) is 2.16. The van der Waals surface area contributed by atoms with Crippen molar-refractivity contribution < 1.29 is 9.21 Å². The third kappa shape index (κ3) is 2.94. The van der Waals surface area contributed by atoms with Gasteiger partial charge in [-0.25, -0.2) is 0 Å². The fourth-order valence-corrected chi connectivity index (χ4v) is 2.57. The molecule has 4 nitrogen and oxygen atoms in total. The van der Waals surface area contributed by atoms with Crippen molar-refractivity contribution in [3.05, 3.63) is 53.0 Å². The van der Waals surface area contributed by atoms with Crippen molar-refractivity contribution >= 4 is 11.6 Å². The van der Waals surface area contributed by atoms with E-state index in [0.29, 0.717) is 23.9 Å². The normalized spacial score (nSPS) is 14.2. The molecule has 110 valence electrons. The van der Waals surface area contributed by atoms with E-state index in [4.69, 9.17) is 10.2 Å². The van der Waals surface area contributed by atoms with Crippen molar-refractivity contribution in [2.45, 2.75) is 39.3 Å². The Morgan fingerprint density at radius 2 is 1.95 bits per heavy atom. The molecule has 0 aliphatic heterocycles. The molecule has 4 heteroatoms. The highest BCUT2D eigenvalue weighted by atomic mass is 16.3. The number of nitrogen functional groups attached to an aromatic ring is 1. The molecule has 1 fully saturated rings. The molecule has 0 saturated heterocycles. The molecule has 0 spiro atoms. The minimum absolute atomic E-state index is 0.0590. The summed E-state index contributed by atoms with van der Waals surface area (Å²) >= 11 is 0. The van der Waals surface area contributed by atoms with E-state index in [-0.39, 0.29) is 5.91 Å². The standard InChI is InChI=1S/C17H20N2O2/c1-11-9-16(12(2)21-11)17(20)19(15-7-8-15)10-13-3-5-14(18)6-4-13/h3-6,9,15H,7-8,10,18H2,1-2H3. The van der Waals surface area contributed by atoms with Crippen LogP contribution in [0.15, 0.2) is 34.7 Å². The molecule has 0 atom stereocenters. The Hall–Kier alpha value is -2.23. The quantitative estimate of drug-likeness (QED) is 0.876. The summed E-state index contributed by atoms with van der Waals surface area (Å²) in [5.41, 5.74) is 8.23. The predicted octanol–water partition coefficient (Wildman–Crippen LogP) is 3.28. The number of benzene rings is 1. The van der Waals surface area contributed by atoms with Crippen LogP contribution in [0.1, 0.15) is 40.3 Å². The largest absolute Gasteiger partial charge is 0.466 e. The Bertz CT molecular complexity index is 654. The van der Waals surface area contributed by atoms with Crippen molar-refractivity contribution in [3.63, 3.8) is 0 Å². The average Bonchev–Trinajstić information content (AvgIpc) is 3.22. The van der Waals surface area contributed by atoms with E-state index in [9.17, 15) is 4.79 Å². The Balaban J connectivity index is 1.83. The fourth-order valence-electron chi connectivity index (χ4n) is 2.57. The minimum atomic E-state index is 0.0590. The highest BCUT2D eigenvalue weighted by Gasteiger charge is 2.34. The first-order chi connectivity index (χ1) is 10.0. The SMILES string of the molecule is Cc1cc(C(=O)N(Cc2ccc(N)cc2)C2CC2)c(C)o1. The smallest absolute Gasteiger partial charge is 0.257 e. The van der Waals surface area contributed by atoms with Gasteiger partial charge in [0.1, 0.15) is 11.5 Å². The van der Waals surface area contributed by atoms with Crippen LogP contribution in [0.25, 0.3) is 0 Å². The van der Waals surface area contributed by atoms with Gasteiger partial charge in [0.2, 0.25) is 0 Å². The number of anilines is 1. The van der Waals surface area contributed by atoms with Crippen LogP contribution >= 0.6 is 0 Å². The first kappa shape index (κ1) is 13.7. The van der Waals surface area contributed by atoms with Crippen molar-refractivity contribution in [1.29, 1.82) is 0 Å². The molecule has 1 amide bonds. The molecule has 2 aromatic rings. The van der Waals surface area contributed by atoms with Gasteiger partial charge in [0.25, 0.3) is 5.91 Å². The molecule has 0 radical (unpaired) electrons. The Morgan fingerprint density at radius 3 is 2.48 bits per heavy atom. The molecule has 0 unspecified atom stereocenters. The van der Waals surface area contributed by atoms with Crippen molar-refractivity contribution in [3.8, 4) is 0 Å². The van der Waals surface area contributed by atoms with Crippen LogP contribution in [0.2, 0.25) is 0 Å². The zero-order chi connectivity index (χ0) is 15.0. The van der Waals surface area contributed by atoms with Gasteiger partial charge in [0.15, 0.2) is 0 Å². The third-order valence-corrected chi connectivity index (χ3v) is 3.85. The van der Waals surface area contributed by atoms with Gasteiger partial charge in [0, 0.05) is 18.3 Å². The van der Waals surface area contributed by atoms with Crippen molar-refractivity contribution in [2.75, 3.05) is 5.73 Å². The number of hydrogen-bond donors (Lipinski definition) is 1. The highest BCUT2D eigenvalue weighted by Crippen LogP contribution is 2.31. The van der Waals surface area contributed by atoms with E-state index in [1.807, 2.05) is 49.1 Å². The molecule has 2 N–H and O–H groups in total. The molecule has 3 rings (SSSR count). The van der Waals surface area contributed by atoms with Crippen LogP contribution in [0.4, 0.5) is 5.69 Å². The van der Waals surface area contributed by atoms with Crippen LogP contribution in [0.3, 0.4) is 0 Å². The summed E-state index contributed by atoms with van der Waals surface area (Å²) in [4.78, 5) is 14.7. The fraction of sp³-hybridized carbons (Fsp3) is 0.353. The zero-order valence-corrected chi connectivity index (χ0v) is 12.4. The lowest BCUT2D eigenvalue weighted by Crippen LogP contribution is -2.32. The molecule has 1 aliphatic carbocycles. The lowest BCUT2D eigenvalue weighted by Gasteiger charge is -2.22. The molecule has 1 saturated carbocycles. The van der Waals surface area contributed by atoms with Crippen LogP contribution in [0, 0.1) is 13.8 Å². The van der Waals surface area contributed by atoms with E-state index in [1.165, 1.54) is 0 Å². The van der Waals surface area contributed by atoms with E-state index < -0.39 is 0 Å². The topological polar surface area (TPSA) is 59.5 Å². The molecular formula is C17H20N2O2. The highest BCUT2D eigenvalue weighted by molar-refractivity contribution is 5.95. The number of hydrogen-bond acceptors (Lipinski definition) is 3. The van der Waals surface area contributed by atoms with Gasteiger partial charge in [-0.2, -0.15) is 0 Å². The van der Waals surface area contributed by atoms with Crippen LogP contribution in [-0.2, 0) is 6.54 Å². The van der Waals surface area contributed by atoms with Crippen molar-refractivity contribution in [2.24, 2.45) is 0 Å². The number of carbonyl (C=O) groups excluding carboxylic acids is 1. The number of nitrogens with two attached hydrogens (primary N) is 1. The molecular weight excluding hydrogens is 264 g/mol. The van der Waals surface area contributed by atoms with E-state index in [1.54, 1.807) is 0 Å². The van der Waals surface area contributed by atoms with Crippen LogP contribution in [-0.4, -0.2) is 16.8 Å². The monoisotopic (exact) mass is 284 g/mol. The summed E-state index contributed by atoms with van der Waals surface area (Å²) < 4.78 is 5.49. The van der Waals surface area contributed by atoms with E-state index >= 15 is 0 Å². The molecule has 1 aromatic carbocycles.